The van der Waals surface area contributed by atoms with Crippen molar-refractivity contribution >= 4 is 0 Å². The van der Waals surface area contributed by atoms with Crippen molar-refractivity contribution in [3.8, 4) is 0 Å². The fourth-order valence-electron chi connectivity index (χ4n) is 2.57. The molecule has 1 aliphatic rings. The second-order valence-electron chi connectivity index (χ2n) is 6.50. The SMILES string of the molecule is CC(C)(C)CC[C@@H]1C[C@@H](n2occc2=O)CCN1. The standard InChI is InChI=1S/C14H24N2O2/c1-14(2,3)7-4-11-10-12(5-8-15-11)16-13(17)6-9-18-16/h6,9,11-12,15H,4-5,7-8,10H2,1-3H3/t11-,12+/m1/s1. The van der Waals surface area contributed by atoms with Gasteiger partial charge in [-0.2, -0.15) is 4.74 Å². The number of rotatable bonds is 3. The second kappa shape index (κ2) is 5.31. The van der Waals surface area contributed by atoms with Crippen LogP contribution in [0.25, 0.3) is 0 Å². The van der Waals surface area contributed by atoms with E-state index in [-0.39, 0.29) is 11.6 Å². The van der Waals surface area contributed by atoms with Gasteiger partial charge in [-0.25, -0.2) is 0 Å². The zero-order valence-corrected chi connectivity index (χ0v) is 11.6. The Kier molecular flexibility index (Phi) is 3.95. The summed E-state index contributed by atoms with van der Waals surface area (Å²) >= 11 is 0. The predicted molar refractivity (Wildman–Crippen MR) is 71.7 cm³/mol. The first-order chi connectivity index (χ1) is 8.46. The molecule has 0 aromatic carbocycles. The summed E-state index contributed by atoms with van der Waals surface area (Å²) in [6.45, 7) is 7.77. The summed E-state index contributed by atoms with van der Waals surface area (Å²) in [5.74, 6) is 0. The molecular weight excluding hydrogens is 228 g/mol. The maximum absolute atomic E-state index is 11.6. The lowest BCUT2D eigenvalue weighted by molar-refractivity contribution is 0.154. The maximum atomic E-state index is 11.6. The third kappa shape index (κ3) is 3.48. The summed E-state index contributed by atoms with van der Waals surface area (Å²) < 4.78 is 6.81. The molecule has 0 radical (unpaired) electrons. The molecule has 2 heterocycles. The van der Waals surface area contributed by atoms with Gasteiger partial charge in [-0.05, 0) is 37.6 Å². The number of hydrogen-bond acceptors (Lipinski definition) is 3. The minimum absolute atomic E-state index is 0.0172. The van der Waals surface area contributed by atoms with Crippen LogP contribution in [0.2, 0.25) is 0 Å². The van der Waals surface area contributed by atoms with E-state index in [2.05, 4.69) is 26.1 Å². The highest BCUT2D eigenvalue weighted by atomic mass is 16.5. The smallest absolute Gasteiger partial charge is 0.282 e. The molecule has 0 saturated carbocycles. The summed E-state index contributed by atoms with van der Waals surface area (Å²) in [5, 5.41) is 3.55. The van der Waals surface area contributed by atoms with Crippen molar-refractivity contribution in [3.63, 3.8) is 0 Å². The normalized spacial score (nSPS) is 25.3. The first-order valence-corrected chi connectivity index (χ1v) is 6.85. The lowest BCUT2D eigenvalue weighted by atomic mass is 9.86. The molecule has 2 atom stereocenters. The minimum atomic E-state index is -0.0172. The van der Waals surface area contributed by atoms with Gasteiger partial charge in [0.1, 0.15) is 6.26 Å². The Hall–Kier alpha value is -1.03. The fraction of sp³-hybridized carbons (Fsp3) is 0.786. The van der Waals surface area contributed by atoms with Crippen molar-refractivity contribution in [1.29, 1.82) is 0 Å². The highest BCUT2D eigenvalue weighted by Crippen LogP contribution is 2.27. The van der Waals surface area contributed by atoms with E-state index in [0.29, 0.717) is 11.5 Å². The van der Waals surface area contributed by atoms with E-state index >= 15 is 0 Å². The largest absolute Gasteiger partial charge is 0.384 e. The van der Waals surface area contributed by atoms with Crippen LogP contribution >= 0.6 is 0 Å². The van der Waals surface area contributed by atoms with Gasteiger partial charge >= 0.3 is 0 Å². The Morgan fingerprint density at radius 1 is 1.50 bits per heavy atom. The Morgan fingerprint density at radius 3 is 2.89 bits per heavy atom. The summed E-state index contributed by atoms with van der Waals surface area (Å²) in [6, 6.07) is 2.21. The minimum Gasteiger partial charge on any atom is -0.384 e. The van der Waals surface area contributed by atoms with Gasteiger partial charge in [-0.3, -0.25) is 4.79 Å². The first kappa shape index (κ1) is 13.4. The van der Waals surface area contributed by atoms with Gasteiger partial charge in [0, 0.05) is 12.1 Å². The highest BCUT2D eigenvalue weighted by Gasteiger charge is 2.25. The Labute approximate surface area is 108 Å². The van der Waals surface area contributed by atoms with E-state index in [9.17, 15) is 4.79 Å². The molecule has 1 aromatic heterocycles. The van der Waals surface area contributed by atoms with Crippen molar-refractivity contribution in [3.05, 3.63) is 22.7 Å². The number of nitrogens with one attached hydrogen (secondary N) is 1. The third-order valence-corrected chi connectivity index (χ3v) is 3.64. The molecule has 1 aliphatic heterocycles. The van der Waals surface area contributed by atoms with Crippen molar-refractivity contribution < 1.29 is 4.52 Å². The van der Waals surface area contributed by atoms with Crippen molar-refractivity contribution in [2.75, 3.05) is 6.54 Å². The lowest BCUT2D eigenvalue weighted by Crippen LogP contribution is -2.40. The molecule has 1 N–H and O–H groups in total. The second-order valence-corrected chi connectivity index (χ2v) is 6.50. The Balaban J connectivity index is 1.93. The fourth-order valence-corrected chi connectivity index (χ4v) is 2.57. The molecule has 0 aliphatic carbocycles. The molecule has 2 rings (SSSR count). The number of piperidine rings is 1. The van der Waals surface area contributed by atoms with Crippen molar-refractivity contribution in [2.45, 2.75) is 58.5 Å². The first-order valence-electron chi connectivity index (χ1n) is 6.85. The van der Waals surface area contributed by atoms with Gasteiger partial charge in [-0.1, -0.05) is 20.8 Å². The van der Waals surface area contributed by atoms with E-state index in [0.717, 1.165) is 25.8 Å². The summed E-state index contributed by atoms with van der Waals surface area (Å²) in [5.41, 5.74) is 0.354. The summed E-state index contributed by atoms with van der Waals surface area (Å²) in [4.78, 5) is 11.6. The molecule has 18 heavy (non-hydrogen) atoms. The van der Waals surface area contributed by atoms with Crippen LogP contribution in [0.15, 0.2) is 21.6 Å². The zero-order chi connectivity index (χ0) is 13.2. The molecule has 1 saturated heterocycles. The Bertz CT molecular complexity index is 427. The average molecular weight is 252 g/mol. The van der Waals surface area contributed by atoms with Gasteiger partial charge in [0.05, 0.1) is 6.04 Å². The van der Waals surface area contributed by atoms with Crippen LogP contribution in [0, 0.1) is 5.41 Å². The quantitative estimate of drug-likeness (QED) is 0.899. The van der Waals surface area contributed by atoms with Gasteiger partial charge < -0.3 is 9.84 Å². The van der Waals surface area contributed by atoms with Crippen LogP contribution < -0.4 is 10.9 Å². The topological polar surface area (TPSA) is 47.2 Å². The van der Waals surface area contributed by atoms with Gasteiger partial charge in [0.15, 0.2) is 0 Å². The summed E-state index contributed by atoms with van der Waals surface area (Å²) in [7, 11) is 0. The number of nitrogens with zero attached hydrogens (tertiary/aromatic N) is 1. The molecule has 4 nitrogen and oxygen atoms in total. The van der Waals surface area contributed by atoms with E-state index < -0.39 is 0 Å². The van der Waals surface area contributed by atoms with Crippen LogP contribution in [0.4, 0.5) is 0 Å². The zero-order valence-electron chi connectivity index (χ0n) is 11.6. The highest BCUT2D eigenvalue weighted by molar-refractivity contribution is 4.86. The van der Waals surface area contributed by atoms with E-state index in [4.69, 9.17) is 4.52 Å². The van der Waals surface area contributed by atoms with Crippen LogP contribution in [0.1, 0.15) is 52.5 Å². The number of aromatic nitrogens is 1. The van der Waals surface area contributed by atoms with Gasteiger partial charge in [0.2, 0.25) is 0 Å². The molecule has 0 unspecified atom stereocenters. The third-order valence-electron chi connectivity index (χ3n) is 3.64. The van der Waals surface area contributed by atoms with Crippen LogP contribution in [0.3, 0.4) is 0 Å². The maximum Gasteiger partial charge on any atom is 0.282 e. The van der Waals surface area contributed by atoms with E-state index in [1.807, 2.05) is 0 Å². The van der Waals surface area contributed by atoms with Crippen LogP contribution in [-0.4, -0.2) is 17.3 Å². The molecule has 102 valence electrons. The molecule has 4 heteroatoms. The molecule has 0 amide bonds. The molecule has 0 bridgehead atoms. The van der Waals surface area contributed by atoms with Crippen molar-refractivity contribution in [1.82, 2.24) is 10.1 Å². The van der Waals surface area contributed by atoms with Crippen LogP contribution in [0.5, 0.6) is 0 Å². The molecule has 0 spiro atoms. The average Bonchev–Trinajstić information content (AvgIpc) is 2.72. The molecule has 1 aromatic rings. The summed E-state index contributed by atoms with van der Waals surface area (Å²) in [6.07, 6.45) is 5.80. The van der Waals surface area contributed by atoms with E-state index in [1.165, 1.54) is 23.5 Å². The predicted octanol–water partition coefficient (Wildman–Crippen LogP) is 2.56. The molecular formula is C14H24N2O2. The van der Waals surface area contributed by atoms with Crippen LogP contribution in [-0.2, 0) is 0 Å². The van der Waals surface area contributed by atoms with E-state index in [1.54, 1.807) is 0 Å². The van der Waals surface area contributed by atoms with Gasteiger partial charge in [-0.15, -0.1) is 0 Å². The Morgan fingerprint density at radius 2 is 2.28 bits per heavy atom. The number of hydrogen-bond donors (Lipinski definition) is 1. The van der Waals surface area contributed by atoms with Crippen molar-refractivity contribution in [2.24, 2.45) is 5.41 Å². The monoisotopic (exact) mass is 252 g/mol. The van der Waals surface area contributed by atoms with Gasteiger partial charge in [0.25, 0.3) is 5.56 Å². The lowest BCUT2D eigenvalue weighted by Gasteiger charge is -2.31. The molecule has 1 fully saturated rings.